The van der Waals surface area contributed by atoms with E-state index >= 15 is 0 Å². The summed E-state index contributed by atoms with van der Waals surface area (Å²) in [5, 5.41) is 1.59. The van der Waals surface area contributed by atoms with Crippen molar-refractivity contribution >= 4 is 35.6 Å². The molecule has 45 heavy (non-hydrogen) atoms. The van der Waals surface area contributed by atoms with Gasteiger partial charge in [0, 0.05) is 17.1 Å². The first-order valence-corrected chi connectivity index (χ1v) is 14.9. The first-order chi connectivity index (χ1) is 21.5. The number of amides is 4. The van der Waals surface area contributed by atoms with Crippen molar-refractivity contribution in [1.29, 1.82) is 0 Å². The quantitative estimate of drug-likeness (QED) is 0.307. The minimum Gasteiger partial charge on any atom is -0.444 e. The van der Waals surface area contributed by atoms with E-state index in [2.05, 4.69) is 10.9 Å². The van der Waals surface area contributed by atoms with Gasteiger partial charge in [-0.25, -0.2) is 9.59 Å². The highest BCUT2D eigenvalue weighted by Gasteiger charge is 2.42. The number of nitrogens with zero attached hydrogens (tertiary/aromatic N) is 2. The number of likely N-dealkylation sites (tertiary alicyclic amines) is 1. The van der Waals surface area contributed by atoms with Crippen LogP contribution >= 0.6 is 11.6 Å². The second-order valence-electron chi connectivity index (χ2n) is 11.5. The number of hydrogen-bond acceptors (Lipinski definition) is 7. The summed E-state index contributed by atoms with van der Waals surface area (Å²) in [4.78, 5) is 59.9. The summed E-state index contributed by atoms with van der Waals surface area (Å²) < 4.78 is 11.2. The highest BCUT2D eigenvalue weighted by Crippen LogP contribution is 2.26. The third-order valence-corrected chi connectivity index (χ3v) is 7.08. The van der Waals surface area contributed by atoms with Gasteiger partial charge in [-0.3, -0.25) is 30.2 Å². The lowest BCUT2D eigenvalue weighted by atomic mass is 9.98. The lowest BCUT2D eigenvalue weighted by molar-refractivity contribution is -0.183. The Balaban J connectivity index is 1.50. The smallest absolute Gasteiger partial charge is 0.434 e. The van der Waals surface area contributed by atoms with Crippen molar-refractivity contribution in [2.24, 2.45) is 0 Å². The Labute approximate surface area is 267 Å². The molecule has 1 heterocycles. The van der Waals surface area contributed by atoms with Gasteiger partial charge < -0.3 is 9.47 Å². The Bertz CT molecular complexity index is 1450. The van der Waals surface area contributed by atoms with E-state index in [1.807, 2.05) is 60.7 Å². The number of carbonyl (C=O) groups is 4. The van der Waals surface area contributed by atoms with E-state index < -0.39 is 41.7 Å². The van der Waals surface area contributed by atoms with Crippen LogP contribution in [0.25, 0.3) is 0 Å². The van der Waals surface area contributed by atoms with E-state index in [-0.39, 0.29) is 38.2 Å². The lowest BCUT2D eigenvalue weighted by Crippen LogP contribution is -2.61. The molecule has 0 bridgehead atoms. The van der Waals surface area contributed by atoms with Gasteiger partial charge in [0.05, 0.1) is 6.04 Å². The molecule has 0 unspecified atom stereocenters. The number of ether oxygens (including phenoxy) is 2. The van der Waals surface area contributed by atoms with Gasteiger partial charge >= 0.3 is 12.2 Å². The maximum absolute atomic E-state index is 13.4. The third kappa shape index (κ3) is 9.95. The highest BCUT2D eigenvalue weighted by molar-refractivity contribution is 6.30. The predicted octanol–water partition coefficient (Wildman–Crippen LogP) is 5.64. The number of benzene rings is 3. The lowest BCUT2D eigenvalue weighted by Gasteiger charge is -2.41. The van der Waals surface area contributed by atoms with Crippen LogP contribution in [-0.2, 0) is 32.3 Å². The topological polar surface area (TPSA) is 127 Å². The molecule has 3 aromatic rings. The zero-order chi connectivity index (χ0) is 32.4. The van der Waals surface area contributed by atoms with Gasteiger partial charge in [0.25, 0.3) is 11.8 Å². The van der Waals surface area contributed by atoms with E-state index in [1.54, 1.807) is 32.9 Å². The molecule has 0 aromatic heterocycles. The molecule has 1 fully saturated rings. The molecular formula is C33H37ClN4O7. The maximum Gasteiger partial charge on any atom is 0.434 e. The summed E-state index contributed by atoms with van der Waals surface area (Å²) in [5.74, 6) is -1.18. The number of hydrogen-bond donors (Lipinski definition) is 2. The minimum absolute atomic E-state index is 0.0196. The number of carbonyl (C=O) groups excluding carboxylic acids is 4. The molecular weight excluding hydrogens is 600 g/mol. The zero-order valence-electron chi connectivity index (χ0n) is 25.4. The second-order valence-corrected chi connectivity index (χ2v) is 11.9. The van der Waals surface area contributed by atoms with Crippen LogP contribution in [0.3, 0.4) is 0 Å². The van der Waals surface area contributed by atoms with Crippen LogP contribution in [0.2, 0.25) is 5.02 Å². The summed E-state index contributed by atoms with van der Waals surface area (Å²) in [6.45, 7) is 5.14. The van der Waals surface area contributed by atoms with Gasteiger partial charge in [0.2, 0.25) is 0 Å². The molecule has 0 spiro atoms. The van der Waals surface area contributed by atoms with Crippen molar-refractivity contribution < 1.29 is 33.5 Å². The summed E-state index contributed by atoms with van der Waals surface area (Å²) in [6, 6.07) is 23.0. The Kier molecular flexibility index (Phi) is 11.4. The van der Waals surface area contributed by atoms with Crippen LogP contribution in [0, 0.1) is 0 Å². The van der Waals surface area contributed by atoms with Gasteiger partial charge in [0.15, 0.2) is 0 Å². The van der Waals surface area contributed by atoms with Crippen molar-refractivity contribution in [1.82, 2.24) is 20.8 Å². The largest absolute Gasteiger partial charge is 0.444 e. The summed E-state index contributed by atoms with van der Waals surface area (Å²) >= 11 is 5.89. The van der Waals surface area contributed by atoms with Crippen LogP contribution in [-0.4, -0.2) is 58.2 Å². The van der Waals surface area contributed by atoms with Crippen molar-refractivity contribution in [3.63, 3.8) is 0 Å². The van der Waals surface area contributed by atoms with E-state index in [4.69, 9.17) is 25.9 Å². The van der Waals surface area contributed by atoms with Crippen molar-refractivity contribution in [2.45, 2.75) is 64.5 Å². The van der Waals surface area contributed by atoms with Crippen LogP contribution < -0.4 is 10.9 Å². The zero-order valence-corrected chi connectivity index (χ0v) is 26.2. The molecule has 4 rings (SSSR count). The second kappa shape index (κ2) is 15.4. The molecule has 11 nitrogen and oxygen atoms in total. The van der Waals surface area contributed by atoms with Crippen LogP contribution in [0.1, 0.15) is 55.1 Å². The van der Waals surface area contributed by atoms with E-state index in [0.29, 0.717) is 5.02 Å². The first kappa shape index (κ1) is 33.3. The normalized spacial score (nSPS) is 16.3. The summed E-state index contributed by atoms with van der Waals surface area (Å²) in [7, 11) is 0. The molecule has 1 aliphatic rings. The summed E-state index contributed by atoms with van der Waals surface area (Å²) in [6.07, 6.45) is -1.05. The van der Waals surface area contributed by atoms with Gasteiger partial charge in [-0.15, -0.1) is 0 Å². The Hall–Kier alpha value is -4.61. The van der Waals surface area contributed by atoms with Crippen molar-refractivity contribution in [2.75, 3.05) is 6.54 Å². The van der Waals surface area contributed by atoms with Gasteiger partial charge in [-0.1, -0.05) is 72.3 Å². The maximum atomic E-state index is 13.4. The van der Waals surface area contributed by atoms with Crippen LogP contribution in [0.15, 0.2) is 84.9 Å². The SMILES string of the molecule is CC(C)(C)OC(=O)N1C[C@H](N(OCc2ccccc2)C(=O)OCc2ccccc2)CC[C@H]1C(=O)NNC(=O)c1ccc(Cl)cc1. The average molecular weight is 637 g/mol. The number of hydrazine groups is 1. The molecule has 238 valence electrons. The molecule has 2 N–H and O–H groups in total. The summed E-state index contributed by atoms with van der Waals surface area (Å²) in [5.41, 5.74) is 5.84. The molecule has 1 saturated heterocycles. The Morgan fingerprint density at radius 1 is 0.844 bits per heavy atom. The molecule has 0 saturated carbocycles. The Morgan fingerprint density at radius 3 is 2.04 bits per heavy atom. The fraction of sp³-hybridized carbons (Fsp3) is 0.333. The van der Waals surface area contributed by atoms with Crippen molar-refractivity contribution in [3.8, 4) is 0 Å². The molecule has 12 heteroatoms. The van der Waals surface area contributed by atoms with Crippen LogP contribution in [0.5, 0.6) is 0 Å². The standard InChI is InChI=1S/C33H37ClN4O7/c1-33(2,3)45-31(41)37-20-27(18-19-28(37)30(40)36-35-29(39)25-14-16-26(34)17-15-25)38(44-22-24-12-8-5-9-13-24)32(42)43-21-23-10-6-4-7-11-23/h4-17,27-28H,18-22H2,1-3H3,(H,35,39)(H,36,40)/t27-,28+/m1/s1. The first-order valence-electron chi connectivity index (χ1n) is 14.5. The fourth-order valence-electron chi connectivity index (χ4n) is 4.62. The van der Waals surface area contributed by atoms with Gasteiger partial charge in [-0.2, -0.15) is 5.06 Å². The molecule has 2 atom stereocenters. The molecule has 4 amide bonds. The number of rotatable bonds is 8. The third-order valence-electron chi connectivity index (χ3n) is 6.82. The molecule has 0 radical (unpaired) electrons. The van der Waals surface area contributed by atoms with E-state index in [1.165, 1.54) is 17.0 Å². The molecule has 0 aliphatic carbocycles. The monoisotopic (exact) mass is 636 g/mol. The van der Waals surface area contributed by atoms with Gasteiger partial charge in [0.1, 0.15) is 24.9 Å². The number of piperidine rings is 1. The van der Waals surface area contributed by atoms with Crippen LogP contribution in [0.4, 0.5) is 9.59 Å². The fourth-order valence-corrected chi connectivity index (χ4v) is 4.75. The minimum atomic E-state index is -1.00. The number of halogens is 1. The molecule has 3 aromatic carbocycles. The molecule has 1 aliphatic heterocycles. The number of hydroxylamine groups is 2. The van der Waals surface area contributed by atoms with E-state index in [9.17, 15) is 19.2 Å². The predicted molar refractivity (Wildman–Crippen MR) is 167 cm³/mol. The Morgan fingerprint density at radius 2 is 1.44 bits per heavy atom. The van der Waals surface area contributed by atoms with E-state index in [0.717, 1.165) is 16.2 Å². The van der Waals surface area contributed by atoms with Gasteiger partial charge in [-0.05, 0) is 69.0 Å². The number of nitrogens with one attached hydrogen (secondary N) is 2. The highest BCUT2D eigenvalue weighted by atomic mass is 35.5. The van der Waals surface area contributed by atoms with Crippen molar-refractivity contribution in [3.05, 3.63) is 107 Å². The average Bonchev–Trinajstić information content (AvgIpc) is 3.03.